The fourth-order valence-corrected chi connectivity index (χ4v) is 2.11. The van der Waals surface area contributed by atoms with Gasteiger partial charge in [-0.3, -0.25) is 10.1 Å². The molecule has 21 heavy (non-hydrogen) atoms. The Morgan fingerprint density at radius 3 is 2.38 bits per heavy atom. The number of nitro groups is 1. The topological polar surface area (TPSA) is 103 Å². The van der Waals surface area contributed by atoms with E-state index in [4.69, 9.17) is 10.5 Å². The van der Waals surface area contributed by atoms with Crippen LogP contribution in [0.1, 0.15) is 26.3 Å². The monoisotopic (exact) mass is 348 g/mol. The van der Waals surface area contributed by atoms with Gasteiger partial charge in [0.2, 0.25) is 0 Å². The van der Waals surface area contributed by atoms with E-state index >= 15 is 0 Å². The molecular formula is C14H13BrN4O2. The molecule has 0 aliphatic rings. The van der Waals surface area contributed by atoms with Gasteiger partial charge in [-0.2, -0.15) is 10.5 Å². The van der Waals surface area contributed by atoms with Crippen molar-refractivity contribution >= 4 is 27.3 Å². The van der Waals surface area contributed by atoms with Crippen molar-refractivity contribution in [3.63, 3.8) is 0 Å². The molecule has 108 valence electrons. The highest BCUT2D eigenvalue weighted by molar-refractivity contribution is 9.10. The van der Waals surface area contributed by atoms with Gasteiger partial charge in [-0.1, -0.05) is 20.8 Å². The lowest BCUT2D eigenvalue weighted by atomic mass is 9.86. The SMILES string of the molecule is CC(C)(C)c1cc(Br)c(NC=C(C#N)C#N)c([N+](=O)[O-])c1. The van der Waals surface area contributed by atoms with Gasteiger partial charge in [0, 0.05) is 16.7 Å². The van der Waals surface area contributed by atoms with Crippen LogP contribution in [0.3, 0.4) is 0 Å². The van der Waals surface area contributed by atoms with Crippen LogP contribution < -0.4 is 5.32 Å². The molecule has 1 N–H and O–H groups in total. The summed E-state index contributed by atoms with van der Waals surface area (Å²) in [6.45, 7) is 5.86. The Morgan fingerprint density at radius 1 is 1.38 bits per heavy atom. The first-order chi connectivity index (χ1) is 9.70. The zero-order valence-corrected chi connectivity index (χ0v) is 13.4. The van der Waals surface area contributed by atoms with E-state index < -0.39 is 4.92 Å². The molecule has 0 aliphatic carbocycles. The van der Waals surface area contributed by atoms with E-state index in [1.807, 2.05) is 20.8 Å². The summed E-state index contributed by atoms with van der Waals surface area (Å²) >= 11 is 3.29. The predicted molar refractivity (Wildman–Crippen MR) is 82.4 cm³/mol. The Labute approximate surface area is 131 Å². The molecule has 0 spiro atoms. The molecule has 0 bridgehead atoms. The van der Waals surface area contributed by atoms with Crippen molar-refractivity contribution in [2.24, 2.45) is 0 Å². The highest BCUT2D eigenvalue weighted by Crippen LogP contribution is 2.37. The Hall–Kier alpha value is -2.38. The second kappa shape index (κ2) is 6.38. The van der Waals surface area contributed by atoms with Crippen LogP contribution in [0.15, 0.2) is 28.4 Å². The minimum Gasteiger partial charge on any atom is -0.353 e. The van der Waals surface area contributed by atoms with E-state index in [0.29, 0.717) is 4.47 Å². The van der Waals surface area contributed by atoms with Gasteiger partial charge < -0.3 is 5.32 Å². The number of benzene rings is 1. The van der Waals surface area contributed by atoms with E-state index in [1.54, 1.807) is 18.2 Å². The average molecular weight is 349 g/mol. The Morgan fingerprint density at radius 2 is 1.95 bits per heavy atom. The van der Waals surface area contributed by atoms with Crippen molar-refractivity contribution < 1.29 is 4.92 Å². The second-order valence-corrected chi connectivity index (χ2v) is 6.14. The number of nitrogens with zero attached hydrogens (tertiary/aromatic N) is 3. The number of nitro benzene ring substituents is 1. The first kappa shape index (κ1) is 16.7. The first-order valence-corrected chi connectivity index (χ1v) is 6.75. The number of nitrogens with one attached hydrogen (secondary N) is 1. The molecule has 7 heteroatoms. The van der Waals surface area contributed by atoms with Crippen LogP contribution in [0, 0.1) is 32.8 Å². The molecule has 0 fully saturated rings. The van der Waals surface area contributed by atoms with Crippen molar-refractivity contribution in [3.8, 4) is 12.1 Å². The maximum atomic E-state index is 11.2. The lowest BCUT2D eigenvalue weighted by Gasteiger charge is -2.20. The van der Waals surface area contributed by atoms with Gasteiger partial charge in [0.25, 0.3) is 5.69 Å². The zero-order valence-electron chi connectivity index (χ0n) is 11.8. The Kier molecular flexibility index (Phi) is 5.07. The van der Waals surface area contributed by atoms with Crippen molar-refractivity contribution in [1.82, 2.24) is 0 Å². The van der Waals surface area contributed by atoms with Gasteiger partial charge >= 0.3 is 0 Å². The summed E-state index contributed by atoms with van der Waals surface area (Å²) < 4.78 is 0.494. The zero-order chi connectivity index (χ0) is 16.2. The minimum atomic E-state index is -0.505. The first-order valence-electron chi connectivity index (χ1n) is 5.96. The number of nitriles is 2. The summed E-state index contributed by atoms with van der Waals surface area (Å²) in [5.41, 5.74) is 0.468. The molecule has 0 atom stereocenters. The highest BCUT2D eigenvalue weighted by Gasteiger charge is 2.23. The number of hydrogen-bond donors (Lipinski definition) is 1. The fraction of sp³-hybridized carbons (Fsp3) is 0.286. The van der Waals surface area contributed by atoms with Crippen LogP contribution in [-0.2, 0) is 5.41 Å². The molecular weight excluding hydrogens is 336 g/mol. The van der Waals surface area contributed by atoms with Gasteiger partial charge in [-0.15, -0.1) is 0 Å². The summed E-state index contributed by atoms with van der Waals surface area (Å²) in [7, 11) is 0. The molecule has 6 nitrogen and oxygen atoms in total. The molecule has 0 heterocycles. The summed E-state index contributed by atoms with van der Waals surface area (Å²) in [5.74, 6) is 0. The second-order valence-electron chi connectivity index (χ2n) is 5.29. The summed E-state index contributed by atoms with van der Waals surface area (Å²) in [6, 6.07) is 6.62. The van der Waals surface area contributed by atoms with Crippen molar-refractivity contribution in [2.75, 3.05) is 5.32 Å². The lowest BCUT2D eigenvalue weighted by Crippen LogP contribution is -2.12. The van der Waals surface area contributed by atoms with Crippen molar-refractivity contribution in [2.45, 2.75) is 26.2 Å². The molecule has 0 unspecified atom stereocenters. The van der Waals surface area contributed by atoms with E-state index in [9.17, 15) is 10.1 Å². The third-order valence-corrected chi connectivity index (χ3v) is 3.36. The predicted octanol–water partition coefficient (Wildman–Crippen LogP) is 4.00. The van der Waals surface area contributed by atoms with Crippen LogP contribution in [0.25, 0.3) is 0 Å². The molecule has 0 aliphatic heterocycles. The standard InChI is InChI=1S/C14H13BrN4O2/c1-14(2,3)10-4-11(15)13(12(5-10)19(20)21)18-8-9(6-16)7-17/h4-5,8,18H,1-3H3. The van der Waals surface area contributed by atoms with E-state index in [2.05, 4.69) is 21.2 Å². The number of allylic oxidation sites excluding steroid dienone is 1. The summed E-state index contributed by atoms with van der Waals surface area (Å²) in [5, 5.41) is 31.2. The van der Waals surface area contributed by atoms with Gasteiger partial charge in [0.15, 0.2) is 0 Å². The van der Waals surface area contributed by atoms with Gasteiger partial charge in [-0.25, -0.2) is 0 Å². The molecule has 0 aromatic heterocycles. The molecule has 0 amide bonds. The number of halogens is 1. The van der Waals surface area contributed by atoms with Gasteiger partial charge in [0.05, 0.1) is 4.92 Å². The molecule has 1 aromatic carbocycles. The van der Waals surface area contributed by atoms with E-state index in [1.165, 1.54) is 6.07 Å². The average Bonchev–Trinajstić information content (AvgIpc) is 2.39. The maximum Gasteiger partial charge on any atom is 0.294 e. The molecule has 0 radical (unpaired) electrons. The summed E-state index contributed by atoms with van der Waals surface area (Å²) in [4.78, 5) is 10.7. The Bertz CT molecular complexity index is 675. The third kappa shape index (κ3) is 4.04. The normalized spacial score (nSPS) is 10.2. The third-order valence-electron chi connectivity index (χ3n) is 2.73. The number of anilines is 1. The van der Waals surface area contributed by atoms with Crippen LogP contribution in [0.2, 0.25) is 0 Å². The maximum absolute atomic E-state index is 11.2. The highest BCUT2D eigenvalue weighted by atomic mass is 79.9. The van der Waals surface area contributed by atoms with Crippen LogP contribution in [0.5, 0.6) is 0 Å². The largest absolute Gasteiger partial charge is 0.353 e. The molecule has 1 rings (SSSR count). The molecule has 0 saturated heterocycles. The van der Waals surface area contributed by atoms with Crippen LogP contribution in [0.4, 0.5) is 11.4 Å². The quantitative estimate of drug-likeness (QED) is 0.505. The van der Waals surface area contributed by atoms with Crippen LogP contribution in [-0.4, -0.2) is 4.92 Å². The number of hydrogen-bond acceptors (Lipinski definition) is 5. The van der Waals surface area contributed by atoms with Crippen molar-refractivity contribution in [3.05, 3.63) is 44.1 Å². The summed E-state index contributed by atoms with van der Waals surface area (Å²) in [6.07, 6.45) is 1.14. The minimum absolute atomic E-state index is 0.124. The van der Waals surface area contributed by atoms with Gasteiger partial charge in [-0.05, 0) is 33.0 Å². The Balaban J connectivity index is 3.41. The van der Waals surface area contributed by atoms with E-state index in [0.717, 1.165) is 11.8 Å². The molecule has 0 saturated carbocycles. The van der Waals surface area contributed by atoms with Crippen molar-refractivity contribution in [1.29, 1.82) is 10.5 Å². The van der Waals surface area contributed by atoms with E-state index in [-0.39, 0.29) is 22.4 Å². The van der Waals surface area contributed by atoms with Crippen LogP contribution >= 0.6 is 15.9 Å². The molecule has 1 aromatic rings. The van der Waals surface area contributed by atoms with Gasteiger partial charge in [0.1, 0.15) is 23.4 Å². The lowest BCUT2D eigenvalue weighted by molar-refractivity contribution is -0.384. The number of rotatable bonds is 3. The smallest absolute Gasteiger partial charge is 0.294 e. The fourth-order valence-electron chi connectivity index (χ4n) is 1.55.